The van der Waals surface area contributed by atoms with E-state index in [1.807, 2.05) is 0 Å². The fraction of sp³-hybridized carbons (Fsp3) is 0.571. The summed E-state index contributed by atoms with van der Waals surface area (Å²) in [7, 11) is 0. The molecule has 24 heavy (non-hydrogen) atoms. The Morgan fingerprint density at radius 3 is 1.88 bits per heavy atom. The predicted molar refractivity (Wildman–Crippen MR) is 101 cm³/mol. The Hall–Kier alpha value is -1.28. The molecule has 3 heteroatoms. The minimum atomic E-state index is 0.0725. The van der Waals surface area contributed by atoms with Crippen LogP contribution in [0.15, 0.2) is 36.5 Å². The van der Waals surface area contributed by atoms with Crippen LogP contribution in [0.4, 0.5) is 0 Å². The number of rotatable bonds is 5. The second-order valence-corrected chi connectivity index (χ2v) is 7.65. The van der Waals surface area contributed by atoms with E-state index in [4.69, 9.17) is 11.6 Å². The van der Waals surface area contributed by atoms with Gasteiger partial charge in [0.15, 0.2) is 5.78 Å². The topological polar surface area (TPSA) is 20.3 Å². The molecule has 0 aliphatic heterocycles. The number of carbonyl (C=O) groups excluding carboxylic acids is 1. The van der Waals surface area contributed by atoms with Gasteiger partial charge in [0, 0.05) is 34.9 Å². The van der Waals surface area contributed by atoms with E-state index in [1.165, 1.54) is 64.2 Å². The highest BCUT2D eigenvalue weighted by molar-refractivity contribution is 6.30. The van der Waals surface area contributed by atoms with Gasteiger partial charge in [0.25, 0.3) is 0 Å². The van der Waals surface area contributed by atoms with Crippen molar-refractivity contribution in [3.8, 4) is 0 Å². The molecule has 2 nitrogen and oxygen atoms in total. The van der Waals surface area contributed by atoms with E-state index in [-0.39, 0.29) is 5.78 Å². The lowest BCUT2D eigenvalue weighted by atomic mass is 9.89. The Labute approximate surface area is 150 Å². The smallest absolute Gasteiger partial charge is 0.187 e. The third-order valence-electron chi connectivity index (χ3n) is 5.52. The maximum atomic E-state index is 12.5. The van der Waals surface area contributed by atoms with Crippen LogP contribution in [0.1, 0.15) is 74.6 Å². The second-order valence-electron chi connectivity index (χ2n) is 7.22. The van der Waals surface area contributed by atoms with Gasteiger partial charge < -0.3 is 4.90 Å². The molecule has 2 aliphatic rings. The first-order valence-electron chi connectivity index (χ1n) is 9.49. The van der Waals surface area contributed by atoms with Crippen LogP contribution in [0.25, 0.3) is 0 Å². The van der Waals surface area contributed by atoms with Crippen LogP contribution in [-0.2, 0) is 0 Å². The number of carbonyl (C=O) groups is 1. The van der Waals surface area contributed by atoms with Gasteiger partial charge in [-0.2, -0.15) is 0 Å². The van der Waals surface area contributed by atoms with Gasteiger partial charge in [-0.1, -0.05) is 50.1 Å². The summed E-state index contributed by atoms with van der Waals surface area (Å²) in [6, 6.07) is 8.42. The summed E-state index contributed by atoms with van der Waals surface area (Å²) in [5.41, 5.74) is 0.711. The average Bonchev–Trinajstić information content (AvgIpc) is 2.64. The van der Waals surface area contributed by atoms with Crippen molar-refractivity contribution < 1.29 is 4.79 Å². The predicted octanol–water partition coefficient (Wildman–Crippen LogP) is 6.00. The molecule has 0 unspecified atom stereocenters. The summed E-state index contributed by atoms with van der Waals surface area (Å²) in [5.74, 6) is 0.0725. The summed E-state index contributed by atoms with van der Waals surface area (Å²) in [4.78, 5) is 15.0. The van der Waals surface area contributed by atoms with Crippen LogP contribution in [0, 0.1) is 0 Å². The van der Waals surface area contributed by atoms with Crippen LogP contribution in [0.5, 0.6) is 0 Å². The fourth-order valence-electron chi connectivity index (χ4n) is 4.16. The lowest BCUT2D eigenvalue weighted by molar-refractivity contribution is 0.103. The summed E-state index contributed by atoms with van der Waals surface area (Å²) in [6.45, 7) is 0. The third-order valence-corrected chi connectivity index (χ3v) is 5.77. The Morgan fingerprint density at radius 2 is 1.38 bits per heavy atom. The molecule has 0 amide bonds. The molecule has 0 heterocycles. The zero-order valence-electron chi connectivity index (χ0n) is 14.4. The Bertz CT molecular complexity index is 536. The minimum Gasteiger partial charge on any atom is -0.371 e. The van der Waals surface area contributed by atoms with E-state index >= 15 is 0 Å². The molecule has 2 saturated carbocycles. The van der Waals surface area contributed by atoms with Crippen LogP contribution in [0.2, 0.25) is 5.02 Å². The van der Waals surface area contributed by atoms with E-state index < -0.39 is 0 Å². The van der Waals surface area contributed by atoms with Gasteiger partial charge in [-0.05, 0) is 49.9 Å². The highest BCUT2D eigenvalue weighted by Gasteiger charge is 2.26. The summed E-state index contributed by atoms with van der Waals surface area (Å²) >= 11 is 5.91. The van der Waals surface area contributed by atoms with E-state index in [9.17, 15) is 4.79 Å². The number of allylic oxidation sites excluding steroid dienone is 1. The monoisotopic (exact) mass is 345 g/mol. The zero-order chi connectivity index (χ0) is 16.8. The zero-order valence-corrected chi connectivity index (χ0v) is 15.2. The molecule has 1 aromatic rings. The average molecular weight is 346 g/mol. The highest BCUT2D eigenvalue weighted by atomic mass is 35.5. The van der Waals surface area contributed by atoms with E-state index in [2.05, 4.69) is 11.1 Å². The molecule has 0 bridgehead atoms. The third kappa shape index (κ3) is 4.63. The Balaban J connectivity index is 1.71. The second kappa shape index (κ2) is 8.71. The Kier molecular flexibility index (Phi) is 6.37. The van der Waals surface area contributed by atoms with E-state index in [1.54, 1.807) is 30.3 Å². The van der Waals surface area contributed by atoms with E-state index in [0.717, 1.165) is 0 Å². The first kappa shape index (κ1) is 17.5. The van der Waals surface area contributed by atoms with Gasteiger partial charge in [0.05, 0.1) is 0 Å². The van der Waals surface area contributed by atoms with Crippen molar-refractivity contribution in [2.75, 3.05) is 0 Å². The molecule has 0 atom stereocenters. The van der Waals surface area contributed by atoms with E-state index in [0.29, 0.717) is 22.7 Å². The van der Waals surface area contributed by atoms with Crippen molar-refractivity contribution in [2.45, 2.75) is 76.3 Å². The number of hydrogen-bond donors (Lipinski definition) is 0. The van der Waals surface area contributed by atoms with Crippen LogP contribution in [0.3, 0.4) is 0 Å². The van der Waals surface area contributed by atoms with Gasteiger partial charge in [-0.3, -0.25) is 4.79 Å². The molecular weight excluding hydrogens is 318 g/mol. The van der Waals surface area contributed by atoms with Crippen LogP contribution >= 0.6 is 11.6 Å². The first-order valence-corrected chi connectivity index (χ1v) is 9.87. The number of benzene rings is 1. The number of halogens is 1. The Morgan fingerprint density at radius 1 is 0.875 bits per heavy atom. The molecule has 2 fully saturated rings. The molecule has 0 spiro atoms. The van der Waals surface area contributed by atoms with Crippen molar-refractivity contribution in [1.82, 2.24) is 4.90 Å². The quantitative estimate of drug-likeness (QED) is 0.481. The normalized spacial score (nSPS) is 20.4. The minimum absolute atomic E-state index is 0.0725. The largest absolute Gasteiger partial charge is 0.371 e. The van der Waals surface area contributed by atoms with Gasteiger partial charge >= 0.3 is 0 Å². The molecule has 0 saturated heterocycles. The first-order chi connectivity index (χ1) is 11.7. The fourth-order valence-corrected chi connectivity index (χ4v) is 4.29. The van der Waals surface area contributed by atoms with Crippen LogP contribution in [-0.4, -0.2) is 22.8 Å². The summed E-state index contributed by atoms with van der Waals surface area (Å²) in [6.07, 6.45) is 17.0. The molecule has 0 aromatic heterocycles. The summed E-state index contributed by atoms with van der Waals surface area (Å²) < 4.78 is 0. The molecule has 0 N–H and O–H groups in total. The lowest BCUT2D eigenvalue weighted by Crippen LogP contribution is -2.41. The van der Waals surface area contributed by atoms with Crippen molar-refractivity contribution in [1.29, 1.82) is 0 Å². The number of nitrogens with zero attached hydrogens (tertiary/aromatic N) is 1. The SMILES string of the molecule is O=C(/C=C/N(C1CCCCC1)C1CCCCC1)c1ccc(Cl)cc1. The maximum absolute atomic E-state index is 12.5. The molecule has 3 rings (SSSR count). The molecule has 1 aromatic carbocycles. The van der Waals surface area contributed by atoms with Crippen molar-refractivity contribution in [3.63, 3.8) is 0 Å². The van der Waals surface area contributed by atoms with Gasteiger partial charge in [-0.15, -0.1) is 0 Å². The van der Waals surface area contributed by atoms with Crippen molar-refractivity contribution in [2.24, 2.45) is 0 Å². The highest BCUT2D eigenvalue weighted by Crippen LogP contribution is 2.30. The van der Waals surface area contributed by atoms with Crippen molar-refractivity contribution >= 4 is 17.4 Å². The molecular formula is C21H28ClNO. The van der Waals surface area contributed by atoms with Gasteiger partial charge in [0.2, 0.25) is 0 Å². The lowest BCUT2D eigenvalue weighted by Gasteiger charge is -2.41. The summed E-state index contributed by atoms with van der Waals surface area (Å²) in [5, 5.41) is 0.668. The molecule has 0 radical (unpaired) electrons. The molecule has 130 valence electrons. The standard InChI is InChI=1S/C21H28ClNO/c22-18-13-11-17(12-14-18)21(24)15-16-23(19-7-3-1-4-8-19)20-9-5-2-6-10-20/h11-16,19-20H,1-10H2/b16-15+. The van der Waals surface area contributed by atoms with Crippen molar-refractivity contribution in [3.05, 3.63) is 47.1 Å². The number of ketones is 1. The van der Waals surface area contributed by atoms with Gasteiger partial charge in [-0.25, -0.2) is 0 Å². The maximum Gasteiger partial charge on any atom is 0.187 e. The van der Waals surface area contributed by atoms with Gasteiger partial charge in [0.1, 0.15) is 0 Å². The van der Waals surface area contributed by atoms with Crippen LogP contribution < -0.4 is 0 Å². The molecule has 2 aliphatic carbocycles. The number of hydrogen-bond acceptors (Lipinski definition) is 2.